The van der Waals surface area contributed by atoms with Gasteiger partial charge in [-0.15, -0.1) is 0 Å². The highest BCUT2D eigenvalue weighted by atomic mass is 16.5. The van der Waals surface area contributed by atoms with Crippen LogP contribution in [0.15, 0.2) is 48.5 Å². The van der Waals surface area contributed by atoms with Gasteiger partial charge >= 0.3 is 12.1 Å². The Hall–Kier alpha value is -3.35. The summed E-state index contributed by atoms with van der Waals surface area (Å²) in [5, 5.41) is 14.5. The minimum Gasteiger partial charge on any atom is -0.480 e. The summed E-state index contributed by atoms with van der Waals surface area (Å²) < 4.78 is 5.60. The molecule has 0 fully saturated rings. The van der Waals surface area contributed by atoms with Crippen LogP contribution in [0.1, 0.15) is 63.0 Å². The molecule has 0 aromatic heterocycles. The first-order valence-electron chi connectivity index (χ1n) is 11.6. The van der Waals surface area contributed by atoms with Gasteiger partial charge in [0.25, 0.3) is 0 Å². The Kier molecular flexibility index (Phi) is 8.46. The molecule has 0 radical (unpaired) electrons. The summed E-state index contributed by atoms with van der Waals surface area (Å²) >= 11 is 0. The highest BCUT2D eigenvalue weighted by Gasteiger charge is 2.29. The van der Waals surface area contributed by atoms with Crippen LogP contribution in [0.4, 0.5) is 4.79 Å². The zero-order chi connectivity index (χ0) is 23.8. The lowest BCUT2D eigenvalue weighted by Gasteiger charge is -2.21. The number of alkyl carbamates (subject to hydrolysis) is 1. The molecule has 1 aliphatic rings. The van der Waals surface area contributed by atoms with Gasteiger partial charge in [0.05, 0.1) is 0 Å². The Balaban J connectivity index is 1.60. The molecule has 7 heteroatoms. The molecule has 3 rings (SSSR count). The maximum Gasteiger partial charge on any atom is 0.407 e. The summed E-state index contributed by atoms with van der Waals surface area (Å²) in [6, 6.07) is 14.9. The smallest absolute Gasteiger partial charge is 0.407 e. The van der Waals surface area contributed by atoms with E-state index >= 15 is 0 Å². The van der Waals surface area contributed by atoms with E-state index in [1.165, 1.54) is 0 Å². The number of unbranched alkanes of at least 4 members (excludes halogenated alkanes) is 1. The molecule has 2 aromatic carbocycles. The largest absolute Gasteiger partial charge is 0.480 e. The van der Waals surface area contributed by atoms with E-state index in [0.717, 1.165) is 35.1 Å². The molecule has 0 saturated heterocycles. The van der Waals surface area contributed by atoms with Crippen LogP contribution in [0.5, 0.6) is 0 Å². The van der Waals surface area contributed by atoms with Crippen LogP contribution in [0, 0.1) is 0 Å². The number of ether oxygens (including phenoxy) is 1. The lowest BCUT2D eigenvalue weighted by atomic mass is 9.98. The molecule has 0 saturated carbocycles. The van der Waals surface area contributed by atoms with Crippen molar-refractivity contribution in [3.8, 4) is 11.1 Å². The summed E-state index contributed by atoms with van der Waals surface area (Å²) in [6.45, 7) is 3.92. The van der Waals surface area contributed by atoms with Crippen LogP contribution in [0.25, 0.3) is 11.1 Å². The maximum atomic E-state index is 12.6. The van der Waals surface area contributed by atoms with Crippen molar-refractivity contribution in [2.24, 2.45) is 0 Å². The molecule has 0 heterocycles. The summed E-state index contributed by atoms with van der Waals surface area (Å²) in [4.78, 5) is 36.1. The maximum absolute atomic E-state index is 12.6. The van der Waals surface area contributed by atoms with Crippen LogP contribution >= 0.6 is 0 Å². The van der Waals surface area contributed by atoms with Crippen molar-refractivity contribution >= 4 is 18.0 Å². The Morgan fingerprint density at radius 3 is 2.12 bits per heavy atom. The molecular formula is C26H32N2O5. The number of carboxylic acids is 1. The fourth-order valence-corrected chi connectivity index (χ4v) is 4.30. The minimum absolute atomic E-state index is 0.00791. The number of hydrogen-bond acceptors (Lipinski definition) is 4. The minimum atomic E-state index is -1.07. The van der Waals surface area contributed by atoms with Crippen molar-refractivity contribution < 1.29 is 24.2 Å². The van der Waals surface area contributed by atoms with Crippen molar-refractivity contribution in [1.29, 1.82) is 0 Å². The van der Waals surface area contributed by atoms with Gasteiger partial charge in [-0.25, -0.2) is 9.59 Å². The Morgan fingerprint density at radius 1 is 0.970 bits per heavy atom. The molecule has 0 aliphatic heterocycles. The van der Waals surface area contributed by atoms with Gasteiger partial charge in [0, 0.05) is 18.4 Å². The number of fused-ring (bicyclic) bond motifs is 3. The second-order valence-corrected chi connectivity index (χ2v) is 8.38. The van der Waals surface area contributed by atoms with Crippen molar-refractivity contribution in [3.63, 3.8) is 0 Å². The first-order chi connectivity index (χ1) is 15.9. The monoisotopic (exact) mass is 452 g/mol. The Labute approximate surface area is 194 Å². The number of hydrogen-bond donors (Lipinski definition) is 3. The molecule has 1 unspecified atom stereocenters. The zero-order valence-electron chi connectivity index (χ0n) is 19.2. The van der Waals surface area contributed by atoms with Gasteiger partial charge in [0.2, 0.25) is 5.91 Å². The third-order valence-corrected chi connectivity index (χ3v) is 6.05. The van der Waals surface area contributed by atoms with Crippen molar-refractivity contribution in [2.75, 3.05) is 6.61 Å². The highest BCUT2D eigenvalue weighted by Crippen LogP contribution is 2.44. The Morgan fingerprint density at radius 2 is 1.58 bits per heavy atom. The van der Waals surface area contributed by atoms with Gasteiger partial charge in [0.15, 0.2) is 0 Å². The van der Waals surface area contributed by atoms with E-state index in [2.05, 4.69) is 34.9 Å². The molecular weight excluding hydrogens is 420 g/mol. The molecule has 7 nitrogen and oxygen atoms in total. The summed E-state index contributed by atoms with van der Waals surface area (Å²) in [5.74, 6) is -1.51. The molecule has 0 spiro atoms. The van der Waals surface area contributed by atoms with Crippen LogP contribution in [-0.2, 0) is 14.3 Å². The SMILES string of the molecule is CCCC[C@@H](CC(=O)NC(CC)C(=O)O)NC(=O)OCC1c2ccccc2-c2ccccc21. The number of aliphatic carboxylic acids is 1. The lowest BCUT2D eigenvalue weighted by molar-refractivity contribution is -0.142. The van der Waals surface area contributed by atoms with E-state index in [-0.39, 0.29) is 18.9 Å². The van der Waals surface area contributed by atoms with Gasteiger partial charge in [-0.2, -0.15) is 0 Å². The quantitative estimate of drug-likeness (QED) is 0.467. The fourth-order valence-electron chi connectivity index (χ4n) is 4.30. The second kappa shape index (κ2) is 11.5. The predicted molar refractivity (Wildman–Crippen MR) is 126 cm³/mol. The number of carboxylic acid groups (broad SMARTS) is 1. The van der Waals surface area contributed by atoms with Gasteiger partial charge < -0.3 is 20.5 Å². The van der Waals surface area contributed by atoms with Crippen molar-refractivity contribution in [3.05, 3.63) is 59.7 Å². The van der Waals surface area contributed by atoms with Crippen LogP contribution < -0.4 is 10.6 Å². The lowest BCUT2D eigenvalue weighted by Crippen LogP contribution is -2.44. The summed E-state index contributed by atoms with van der Waals surface area (Å²) in [6.07, 6.45) is 2.08. The standard InChI is InChI=1S/C26H32N2O5/c1-3-5-10-17(15-24(29)28-23(4-2)25(30)31)27-26(32)33-16-22-20-13-8-6-11-18(20)19-12-7-9-14-21(19)22/h6-9,11-14,17,22-23H,3-5,10,15-16H2,1-2H3,(H,27,32)(H,28,29)(H,30,31)/t17-,23?/m0/s1. The molecule has 0 bridgehead atoms. The van der Waals surface area contributed by atoms with Gasteiger partial charge in [-0.1, -0.05) is 75.2 Å². The van der Waals surface area contributed by atoms with Gasteiger partial charge in [-0.05, 0) is 35.1 Å². The van der Waals surface area contributed by atoms with E-state index in [1.807, 2.05) is 31.2 Å². The number of nitrogens with one attached hydrogen (secondary N) is 2. The van der Waals surface area contributed by atoms with E-state index in [1.54, 1.807) is 6.92 Å². The first-order valence-corrected chi connectivity index (χ1v) is 11.6. The molecule has 2 amide bonds. The van der Waals surface area contributed by atoms with Crippen LogP contribution in [0.3, 0.4) is 0 Å². The molecule has 33 heavy (non-hydrogen) atoms. The van der Waals surface area contributed by atoms with E-state index in [4.69, 9.17) is 9.84 Å². The molecule has 3 N–H and O–H groups in total. The number of rotatable bonds is 11. The van der Waals surface area contributed by atoms with Crippen LogP contribution in [-0.4, -0.2) is 41.8 Å². The predicted octanol–water partition coefficient (Wildman–Crippen LogP) is 4.45. The molecule has 176 valence electrons. The number of amides is 2. The zero-order valence-corrected chi connectivity index (χ0v) is 19.2. The average Bonchev–Trinajstić information content (AvgIpc) is 3.13. The number of benzene rings is 2. The molecule has 1 aliphatic carbocycles. The normalized spacial score (nSPS) is 14.0. The highest BCUT2D eigenvalue weighted by molar-refractivity contribution is 5.84. The third kappa shape index (κ3) is 6.12. The molecule has 2 atom stereocenters. The fraction of sp³-hybridized carbons (Fsp3) is 0.423. The molecule has 2 aromatic rings. The summed E-state index contributed by atoms with van der Waals surface area (Å²) in [7, 11) is 0. The number of carbonyl (C=O) groups is 3. The van der Waals surface area contributed by atoms with Gasteiger partial charge in [0.1, 0.15) is 12.6 Å². The average molecular weight is 453 g/mol. The van der Waals surface area contributed by atoms with E-state index in [9.17, 15) is 14.4 Å². The topological polar surface area (TPSA) is 105 Å². The third-order valence-electron chi connectivity index (χ3n) is 6.05. The first kappa shape index (κ1) is 24.3. The van der Waals surface area contributed by atoms with Gasteiger partial charge in [-0.3, -0.25) is 4.79 Å². The van der Waals surface area contributed by atoms with Crippen molar-refractivity contribution in [2.45, 2.75) is 64.0 Å². The second-order valence-electron chi connectivity index (χ2n) is 8.38. The van der Waals surface area contributed by atoms with E-state index in [0.29, 0.717) is 12.8 Å². The van der Waals surface area contributed by atoms with E-state index < -0.39 is 30.1 Å². The van der Waals surface area contributed by atoms with Crippen molar-refractivity contribution in [1.82, 2.24) is 10.6 Å². The summed E-state index contributed by atoms with van der Waals surface area (Å²) in [5.41, 5.74) is 4.58. The Bertz CT molecular complexity index is 945. The van der Waals surface area contributed by atoms with Crippen LogP contribution in [0.2, 0.25) is 0 Å². The number of carbonyl (C=O) groups excluding carboxylic acids is 2.